The van der Waals surface area contributed by atoms with Gasteiger partial charge in [-0.25, -0.2) is 9.98 Å². The third-order valence-corrected chi connectivity index (χ3v) is 1.02. The second kappa shape index (κ2) is 6.08. The van der Waals surface area contributed by atoms with E-state index in [1.54, 1.807) is 19.3 Å². The van der Waals surface area contributed by atoms with Crippen LogP contribution in [0.5, 0.6) is 0 Å². The van der Waals surface area contributed by atoms with Crippen molar-refractivity contribution < 1.29 is 0 Å². The highest BCUT2D eigenvalue weighted by Crippen LogP contribution is 1.89. The van der Waals surface area contributed by atoms with Crippen molar-refractivity contribution in [2.45, 2.75) is 13.1 Å². The lowest BCUT2D eigenvalue weighted by atomic mass is 10.6. The second-order valence-electron chi connectivity index (χ2n) is 2.13. The van der Waals surface area contributed by atoms with Crippen LogP contribution in [0.25, 0.3) is 0 Å². The van der Waals surface area contributed by atoms with Crippen molar-refractivity contribution in [3.63, 3.8) is 0 Å². The molecular weight excluding hydrogens is 184 g/mol. The number of nitriles is 2. The molecule has 0 saturated heterocycles. The van der Waals surface area contributed by atoms with Crippen LogP contribution >= 0.6 is 0 Å². The number of guanidine groups is 2. The second-order valence-corrected chi connectivity index (χ2v) is 2.13. The van der Waals surface area contributed by atoms with Crippen molar-refractivity contribution in [2.75, 3.05) is 0 Å². The molecule has 0 rings (SSSR count). The van der Waals surface area contributed by atoms with Crippen LogP contribution in [0.2, 0.25) is 0 Å². The fourth-order valence-corrected chi connectivity index (χ4v) is 0.611. The van der Waals surface area contributed by atoms with Crippen LogP contribution in [0.15, 0.2) is 9.98 Å². The van der Waals surface area contributed by atoms with E-state index in [4.69, 9.17) is 22.0 Å². The molecule has 8 nitrogen and oxygen atoms in total. The summed E-state index contributed by atoms with van der Waals surface area (Å²) in [7, 11) is 0. The summed E-state index contributed by atoms with van der Waals surface area (Å²) in [6.07, 6.45) is 2.62. The largest absolute Gasteiger partial charge is 0.369 e. The number of nitrogens with two attached hydrogens (primary N) is 2. The molecular formula is C6H10N8. The van der Waals surface area contributed by atoms with E-state index in [0.29, 0.717) is 0 Å². The fourth-order valence-electron chi connectivity index (χ4n) is 0.611. The van der Waals surface area contributed by atoms with E-state index < -0.39 is 6.17 Å². The summed E-state index contributed by atoms with van der Waals surface area (Å²) < 4.78 is 0. The monoisotopic (exact) mass is 194 g/mol. The number of hydrogen-bond acceptors (Lipinski definition) is 4. The summed E-state index contributed by atoms with van der Waals surface area (Å²) >= 11 is 0. The highest BCUT2D eigenvalue weighted by atomic mass is 15.2. The lowest BCUT2D eigenvalue weighted by molar-refractivity contribution is 0.780. The van der Waals surface area contributed by atoms with Gasteiger partial charge in [-0.3, -0.25) is 10.6 Å². The van der Waals surface area contributed by atoms with Gasteiger partial charge in [0.25, 0.3) is 0 Å². The molecule has 0 aliphatic heterocycles. The van der Waals surface area contributed by atoms with Crippen LogP contribution in [-0.4, -0.2) is 18.1 Å². The van der Waals surface area contributed by atoms with Crippen molar-refractivity contribution in [2.24, 2.45) is 21.5 Å². The van der Waals surface area contributed by atoms with Crippen molar-refractivity contribution in [1.29, 1.82) is 10.5 Å². The first kappa shape index (κ1) is 11.5. The van der Waals surface area contributed by atoms with Crippen LogP contribution in [-0.2, 0) is 0 Å². The van der Waals surface area contributed by atoms with Crippen molar-refractivity contribution in [3.05, 3.63) is 0 Å². The minimum atomic E-state index is -0.573. The third kappa shape index (κ3) is 5.21. The van der Waals surface area contributed by atoms with Gasteiger partial charge >= 0.3 is 0 Å². The zero-order chi connectivity index (χ0) is 11.0. The van der Waals surface area contributed by atoms with Crippen LogP contribution < -0.4 is 22.1 Å². The number of nitrogens with zero attached hydrogens (tertiary/aromatic N) is 4. The summed E-state index contributed by atoms with van der Waals surface area (Å²) in [6.45, 7) is 1.60. The van der Waals surface area contributed by atoms with Crippen LogP contribution in [0.4, 0.5) is 0 Å². The minimum absolute atomic E-state index is 0.0616. The predicted molar refractivity (Wildman–Crippen MR) is 50.2 cm³/mol. The van der Waals surface area contributed by atoms with Crippen molar-refractivity contribution in [1.82, 2.24) is 10.6 Å². The van der Waals surface area contributed by atoms with E-state index in [1.165, 1.54) is 0 Å². The van der Waals surface area contributed by atoms with Crippen molar-refractivity contribution >= 4 is 11.9 Å². The SMILES string of the molecule is CC(N=C(N)NC#N)N=C(N)NC#N. The van der Waals surface area contributed by atoms with E-state index >= 15 is 0 Å². The van der Waals surface area contributed by atoms with Gasteiger partial charge in [-0.1, -0.05) is 0 Å². The average Bonchev–Trinajstić information content (AvgIpc) is 2.03. The van der Waals surface area contributed by atoms with Crippen LogP contribution in [0, 0.1) is 22.9 Å². The Bertz CT molecular complexity index is 284. The zero-order valence-corrected chi connectivity index (χ0v) is 7.52. The maximum Gasteiger partial charge on any atom is 0.204 e. The van der Waals surface area contributed by atoms with E-state index in [2.05, 4.69) is 20.6 Å². The van der Waals surface area contributed by atoms with Gasteiger partial charge in [-0.2, -0.15) is 10.5 Å². The number of nitrogens with one attached hydrogen (secondary N) is 2. The standard InChI is InChI=1S/C6H10N8/c1-4(13-5(9)11-2-7)14-6(10)12-3-8/h4H,1H3,(H3,9,11,13)(H3,10,12,14). The lowest BCUT2D eigenvalue weighted by Gasteiger charge is -2.02. The first-order valence-electron chi connectivity index (χ1n) is 3.57. The topological polar surface area (TPSA) is 148 Å². The normalized spacial score (nSPS) is 13.6. The van der Waals surface area contributed by atoms with E-state index in [0.717, 1.165) is 0 Å². The number of aliphatic imine (C=N–C) groups is 2. The highest BCUT2D eigenvalue weighted by Gasteiger charge is 1.98. The molecule has 14 heavy (non-hydrogen) atoms. The molecule has 0 bridgehead atoms. The molecule has 0 aromatic carbocycles. The molecule has 0 aliphatic carbocycles. The van der Waals surface area contributed by atoms with E-state index in [-0.39, 0.29) is 11.9 Å². The number of hydrogen-bond donors (Lipinski definition) is 4. The molecule has 0 fully saturated rings. The van der Waals surface area contributed by atoms with Crippen LogP contribution in [0.1, 0.15) is 6.92 Å². The first-order valence-corrected chi connectivity index (χ1v) is 3.57. The highest BCUT2D eigenvalue weighted by molar-refractivity contribution is 5.81. The molecule has 6 N–H and O–H groups in total. The molecule has 74 valence electrons. The van der Waals surface area contributed by atoms with Gasteiger partial charge < -0.3 is 11.5 Å². The zero-order valence-electron chi connectivity index (χ0n) is 7.52. The molecule has 8 heteroatoms. The number of rotatable bonds is 2. The van der Waals surface area contributed by atoms with Gasteiger partial charge in [0.15, 0.2) is 12.4 Å². The summed E-state index contributed by atoms with van der Waals surface area (Å²) in [4.78, 5) is 7.47. The Morgan fingerprint density at radius 2 is 1.50 bits per heavy atom. The van der Waals surface area contributed by atoms with Gasteiger partial charge in [0.05, 0.1) is 0 Å². The molecule has 0 atom stereocenters. The molecule has 0 heterocycles. The van der Waals surface area contributed by atoms with E-state index in [1.807, 2.05) is 0 Å². The Morgan fingerprint density at radius 1 is 1.14 bits per heavy atom. The molecule has 0 radical (unpaired) electrons. The fraction of sp³-hybridized carbons (Fsp3) is 0.333. The summed E-state index contributed by atoms with van der Waals surface area (Å²) in [6, 6.07) is 0. The van der Waals surface area contributed by atoms with Crippen molar-refractivity contribution in [3.8, 4) is 12.4 Å². The Morgan fingerprint density at radius 3 is 1.79 bits per heavy atom. The summed E-state index contributed by atoms with van der Waals surface area (Å²) in [5, 5.41) is 20.6. The first-order chi connectivity index (χ1) is 6.60. The minimum Gasteiger partial charge on any atom is -0.369 e. The Kier molecular flexibility index (Phi) is 5.01. The van der Waals surface area contributed by atoms with Gasteiger partial charge in [0.1, 0.15) is 6.17 Å². The maximum atomic E-state index is 8.18. The van der Waals surface area contributed by atoms with Gasteiger partial charge in [0.2, 0.25) is 11.9 Å². The quantitative estimate of drug-likeness (QED) is 0.175. The lowest BCUT2D eigenvalue weighted by Crippen LogP contribution is -2.31. The molecule has 0 spiro atoms. The van der Waals surface area contributed by atoms with Gasteiger partial charge in [-0.15, -0.1) is 0 Å². The molecule has 0 aromatic rings. The third-order valence-electron chi connectivity index (χ3n) is 1.02. The summed E-state index contributed by atoms with van der Waals surface area (Å²) in [5.74, 6) is -0.123. The van der Waals surface area contributed by atoms with Gasteiger partial charge in [-0.05, 0) is 6.92 Å². The molecule has 0 aliphatic rings. The van der Waals surface area contributed by atoms with Gasteiger partial charge in [0, 0.05) is 0 Å². The molecule has 0 aromatic heterocycles. The van der Waals surface area contributed by atoms with E-state index in [9.17, 15) is 0 Å². The molecule has 0 saturated carbocycles. The Labute approximate surface area is 80.9 Å². The van der Waals surface area contributed by atoms with Crippen LogP contribution in [0.3, 0.4) is 0 Å². The smallest absolute Gasteiger partial charge is 0.204 e. The Hall–Kier alpha value is -2.48. The molecule has 0 unspecified atom stereocenters. The average molecular weight is 194 g/mol. The Balaban J connectivity index is 4.30. The molecule has 0 amide bonds. The maximum absolute atomic E-state index is 8.18. The summed E-state index contributed by atoms with van der Waals surface area (Å²) in [5.41, 5.74) is 10.5. The predicted octanol–water partition coefficient (Wildman–Crippen LogP) is -1.90.